The highest BCUT2D eigenvalue weighted by Crippen LogP contribution is 2.29. The van der Waals surface area contributed by atoms with E-state index in [9.17, 15) is 5.11 Å². The molecule has 0 aliphatic carbocycles. The zero-order valence-corrected chi connectivity index (χ0v) is 21.4. The van der Waals surface area contributed by atoms with E-state index in [0.29, 0.717) is 12.8 Å². The fourth-order valence-electron chi connectivity index (χ4n) is 2.20. The highest BCUT2D eigenvalue weighted by molar-refractivity contribution is 8.07. The molecular weight excluding hydrogens is 374 g/mol. The van der Waals surface area contributed by atoms with Gasteiger partial charge in [-0.15, -0.1) is 0 Å². The lowest BCUT2D eigenvalue weighted by Gasteiger charge is -2.29. The molecular formula is C26H47NOS. The molecule has 0 saturated heterocycles. The van der Waals surface area contributed by atoms with Crippen LogP contribution in [0.4, 0.5) is 0 Å². The summed E-state index contributed by atoms with van der Waals surface area (Å²) in [7, 11) is 2.06. The molecule has 0 saturated carbocycles. The van der Waals surface area contributed by atoms with Gasteiger partial charge in [-0.25, -0.2) is 0 Å². The molecule has 29 heavy (non-hydrogen) atoms. The third kappa shape index (κ3) is 16.2. The van der Waals surface area contributed by atoms with E-state index in [1.165, 1.54) is 0 Å². The van der Waals surface area contributed by atoms with E-state index in [1.54, 1.807) is 11.8 Å². The van der Waals surface area contributed by atoms with E-state index in [2.05, 4.69) is 43.3 Å². The van der Waals surface area contributed by atoms with E-state index in [4.69, 9.17) is 0 Å². The van der Waals surface area contributed by atoms with Crippen LogP contribution in [0.5, 0.6) is 0 Å². The van der Waals surface area contributed by atoms with E-state index < -0.39 is 5.60 Å². The van der Waals surface area contributed by atoms with Crippen molar-refractivity contribution in [3.63, 3.8) is 0 Å². The van der Waals surface area contributed by atoms with Crippen molar-refractivity contribution in [1.82, 2.24) is 4.90 Å². The third-order valence-electron chi connectivity index (χ3n) is 4.08. The van der Waals surface area contributed by atoms with Crippen LogP contribution in [0.3, 0.4) is 0 Å². The van der Waals surface area contributed by atoms with Crippen LogP contribution >= 0.6 is 11.8 Å². The Morgan fingerprint density at radius 3 is 2.03 bits per heavy atom. The number of aliphatic hydroxyl groups is 1. The van der Waals surface area contributed by atoms with Crippen LogP contribution in [0.1, 0.15) is 68.2 Å². The lowest BCUT2D eigenvalue weighted by molar-refractivity contribution is 0.0600. The van der Waals surface area contributed by atoms with Crippen molar-refractivity contribution < 1.29 is 5.11 Å². The Kier molecular flexibility index (Phi) is 23.9. The topological polar surface area (TPSA) is 23.5 Å². The van der Waals surface area contributed by atoms with Gasteiger partial charge < -0.3 is 10.0 Å². The molecule has 0 aliphatic heterocycles. The summed E-state index contributed by atoms with van der Waals surface area (Å²) in [5.41, 5.74) is -0.137. The minimum atomic E-state index is -0.877. The molecule has 0 aromatic rings. The molecule has 0 radical (unpaired) electrons. The molecule has 0 heterocycles. The number of thioether (sulfide) groups is 1. The van der Waals surface area contributed by atoms with Crippen LogP contribution in [0.25, 0.3) is 0 Å². The summed E-state index contributed by atoms with van der Waals surface area (Å²) in [6.45, 7) is 25.9. The molecule has 0 aromatic carbocycles. The summed E-state index contributed by atoms with van der Waals surface area (Å²) in [5, 5.41) is 10.9. The number of nitrogens with zero attached hydrogens (tertiary/aromatic N) is 1. The number of likely N-dealkylation sites (N-methyl/N-ethyl adjacent to an activating group) is 1. The molecule has 1 unspecified atom stereocenters. The van der Waals surface area contributed by atoms with Gasteiger partial charge in [-0.2, -0.15) is 0 Å². The third-order valence-corrected chi connectivity index (χ3v) is 5.08. The zero-order valence-electron chi connectivity index (χ0n) is 20.6. The molecule has 0 aliphatic rings. The van der Waals surface area contributed by atoms with Crippen molar-refractivity contribution in [3.8, 4) is 0 Å². The summed E-state index contributed by atoms with van der Waals surface area (Å²) in [6.07, 6.45) is 15.4. The first-order valence-corrected chi connectivity index (χ1v) is 11.7. The van der Waals surface area contributed by atoms with Gasteiger partial charge in [0, 0.05) is 22.9 Å². The second kappa shape index (κ2) is 21.4. The van der Waals surface area contributed by atoms with Crippen molar-refractivity contribution in [2.24, 2.45) is 0 Å². The van der Waals surface area contributed by atoms with Gasteiger partial charge in [0.25, 0.3) is 0 Å². The molecule has 2 nitrogen and oxygen atoms in total. The summed E-state index contributed by atoms with van der Waals surface area (Å²) in [4.78, 5) is 4.28. The normalized spacial score (nSPS) is 13.8. The average molecular weight is 422 g/mol. The largest absolute Gasteiger partial charge is 0.385 e. The molecule has 3 heteroatoms. The summed E-state index contributed by atoms with van der Waals surface area (Å²) in [5.74, 6) is 0. The van der Waals surface area contributed by atoms with Crippen molar-refractivity contribution in [3.05, 3.63) is 71.1 Å². The van der Waals surface area contributed by atoms with Gasteiger partial charge >= 0.3 is 0 Å². The number of hydrogen-bond donors (Lipinski definition) is 1. The Morgan fingerprint density at radius 1 is 1.00 bits per heavy atom. The van der Waals surface area contributed by atoms with Crippen LogP contribution in [-0.2, 0) is 0 Å². The van der Waals surface area contributed by atoms with Gasteiger partial charge in [0.05, 0.1) is 5.60 Å². The maximum Gasteiger partial charge on any atom is 0.0900 e. The summed E-state index contributed by atoms with van der Waals surface area (Å²) < 4.78 is 0. The fourth-order valence-corrected chi connectivity index (χ4v) is 2.97. The Balaban J connectivity index is -0.00000158. The van der Waals surface area contributed by atoms with Crippen molar-refractivity contribution in [2.45, 2.75) is 73.8 Å². The van der Waals surface area contributed by atoms with Gasteiger partial charge in [-0.05, 0) is 52.3 Å². The molecule has 0 fully saturated rings. The molecule has 0 spiro atoms. The van der Waals surface area contributed by atoms with E-state index in [0.717, 1.165) is 28.5 Å². The Bertz CT molecular complexity index is 543. The van der Waals surface area contributed by atoms with Gasteiger partial charge in [-0.1, -0.05) is 96.0 Å². The summed E-state index contributed by atoms with van der Waals surface area (Å²) in [6, 6.07) is 0. The van der Waals surface area contributed by atoms with E-state index in [-0.39, 0.29) is 0 Å². The smallest absolute Gasteiger partial charge is 0.0900 e. The molecule has 1 atom stereocenters. The SMILES string of the molecule is C=C(/C=C\C(=C)C(O)(CC)CCN(C)C/C=C/C)SC(/C=C\C)=C/C.CC.CC. The minimum Gasteiger partial charge on any atom is -0.385 e. The molecule has 0 aromatic heterocycles. The van der Waals surface area contributed by atoms with Crippen molar-refractivity contribution in [2.75, 3.05) is 20.1 Å². The van der Waals surface area contributed by atoms with Crippen LogP contribution in [-0.4, -0.2) is 35.7 Å². The van der Waals surface area contributed by atoms with E-state index in [1.807, 2.05) is 79.7 Å². The number of allylic oxidation sites excluding steroid dienone is 5. The zero-order chi connectivity index (χ0) is 23.3. The Labute approximate surface area is 186 Å². The first-order chi connectivity index (χ1) is 13.8. The van der Waals surface area contributed by atoms with Crippen LogP contribution < -0.4 is 0 Å². The lowest BCUT2D eigenvalue weighted by Crippen LogP contribution is -2.34. The quantitative estimate of drug-likeness (QED) is 0.256. The maximum absolute atomic E-state index is 10.9. The van der Waals surface area contributed by atoms with Crippen molar-refractivity contribution >= 4 is 11.8 Å². The maximum atomic E-state index is 10.9. The molecule has 168 valence electrons. The average Bonchev–Trinajstić information content (AvgIpc) is 2.76. The Hall–Kier alpha value is -1.29. The number of rotatable bonds is 12. The predicted molar refractivity (Wildman–Crippen MR) is 138 cm³/mol. The lowest BCUT2D eigenvalue weighted by atomic mass is 9.88. The van der Waals surface area contributed by atoms with Gasteiger partial charge in [0.2, 0.25) is 0 Å². The molecule has 0 bridgehead atoms. The minimum absolute atomic E-state index is 0.645. The first-order valence-electron chi connectivity index (χ1n) is 10.9. The second-order valence-corrected chi connectivity index (χ2v) is 7.28. The van der Waals surface area contributed by atoms with Gasteiger partial charge in [-0.3, -0.25) is 0 Å². The summed E-state index contributed by atoms with van der Waals surface area (Å²) >= 11 is 1.61. The number of hydrogen-bond acceptors (Lipinski definition) is 3. The van der Waals surface area contributed by atoms with Crippen LogP contribution in [0.15, 0.2) is 71.1 Å². The van der Waals surface area contributed by atoms with Crippen LogP contribution in [0.2, 0.25) is 0 Å². The van der Waals surface area contributed by atoms with Crippen LogP contribution in [0, 0.1) is 0 Å². The van der Waals surface area contributed by atoms with Crippen molar-refractivity contribution in [1.29, 1.82) is 0 Å². The molecule has 0 rings (SSSR count). The monoisotopic (exact) mass is 421 g/mol. The van der Waals surface area contributed by atoms with Gasteiger partial charge in [0.15, 0.2) is 0 Å². The second-order valence-electron chi connectivity index (χ2n) is 6.08. The Morgan fingerprint density at radius 2 is 1.59 bits per heavy atom. The highest BCUT2D eigenvalue weighted by atomic mass is 32.2. The predicted octanol–water partition coefficient (Wildman–Crippen LogP) is 7.92. The first kappa shape index (κ1) is 32.4. The van der Waals surface area contributed by atoms with E-state index >= 15 is 0 Å². The highest BCUT2D eigenvalue weighted by Gasteiger charge is 2.26. The standard InChI is InChI=1S/C22H35NOS.2C2H6/c1-8-12-17-23(7)18-16-22(24,11-4)19(5)14-15-20(6)25-21(10-3)13-9-2;2*1-2/h8-10,12-15,24H,5-6,11,16-18H2,1-4,7H3;2*1-2H3/b12-8+,13-9-,15-14-,21-10+;;. The molecule has 1 N–H and O–H groups in total. The molecule has 0 amide bonds. The van der Waals surface area contributed by atoms with Gasteiger partial charge in [0.1, 0.15) is 0 Å². The fraction of sp³-hybridized carbons (Fsp3) is 0.538.